The maximum atomic E-state index is 11.9. The Morgan fingerprint density at radius 2 is 2.00 bits per heavy atom. The highest BCUT2D eigenvalue weighted by Gasteiger charge is 2.26. The molecule has 160 valence electrons. The number of rotatable bonds is 6. The maximum absolute atomic E-state index is 11.9. The zero-order valence-corrected chi connectivity index (χ0v) is 19.6. The van der Waals surface area contributed by atoms with Crippen LogP contribution in [0.2, 0.25) is 0 Å². The fraction of sp³-hybridized carbons (Fsp3) is 0.571. The van der Waals surface area contributed by atoms with E-state index in [0.717, 1.165) is 38.4 Å². The number of hydrogen-bond acceptors (Lipinski definition) is 3. The first-order chi connectivity index (χ1) is 13.6. The molecule has 1 unspecified atom stereocenters. The molecule has 0 spiro atoms. The molecule has 1 aromatic carbocycles. The van der Waals surface area contributed by atoms with Crippen LogP contribution in [0.3, 0.4) is 0 Å². The van der Waals surface area contributed by atoms with Crippen molar-refractivity contribution >= 4 is 41.8 Å². The van der Waals surface area contributed by atoms with Crippen LogP contribution in [0.25, 0.3) is 0 Å². The molecule has 2 heterocycles. The van der Waals surface area contributed by atoms with Crippen LogP contribution in [0, 0.1) is 0 Å². The lowest BCUT2D eigenvalue weighted by Gasteiger charge is -2.21. The van der Waals surface area contributed by atoms with Crippen molar-refractivity contribution in [2.45, 2.75) is 51.7 Å². The van der Waals surface area contributed by atoms with Gasteiger partial charge in [-0.2, -0.15) is 0 Å². The molecule has 2 fully saturated rings. The van der Waals surface area contributed by atoms with Crippen molar-refractivity contribution in [1.82, 2.24) is 20.4 Å². The monoisotopic (exact) mass is 513 g/mol. The number of nitrogens with one attached hydrogen (secondary N) is 2. The molecule has 3 rings (SSSR count). The number of halogens is 1. The third kappa shape index (κ3) is 6.32. The number of likely N-dealkylation sites (tertiary alicyclic amines) is 2. The average Bonchev–Trinajstić information content (AvgIpc) is 3.34. The highest BCUT2D eigenvalue weighted by Crippen LogP contribution is 2.17. The summed E-state index contributed by atoms with van der Waals surface area (Å²) >= 11 is 0. The molecule has 7 nitrogen and oxygen atoms in total. The first-order valence-corrected chi connectivity index (χ1v) is 10.2. The van der Waals surface area contributed by atoms with Crippen molar-refractivity contribution < 1.29 is 9.59 Å². The second-order valence-electron chi connectivity index (χ2n) is 7.44. The Balaban J connectivity index is 0.00000300. The average molecular weight is 513 g/mol. The Morgan fingerprint density at radius 3 is 2.66 bits per heavy atom. The lowest BCUT2D eigenvalue weighted by molar-refractivity contribution is -0.130. The lowest BCUT2D eigenvalue weighted by Crippen LogP contribution is -2.44. The number of carbonyl (C=O) groups excluding carboxylic acids is 2. The van der Waals surface area contributed by atoms with Gasteiger partial charge in [-0.3, -0.25) is 14.6 Å². The normalized spacial score (nSPS) is 19.3. The largest absolute Gasteiger partial charge is 0.352 e. The first-order valence-electron chi connectivity index (χ1n) is 10.2. The second kappa shape index (κ2) is 11.4. The van der Waals surface area contributed by atoms with Crippen LogP contribution in [-0.4, -0.2) is 60.3 Å². The topological polar surface area (TPSA) is 77.0 Å². The summed E-state index contributed by atoms with van der Waals surface area (Å²) in [5.41, 5.74) is 2.33. The molecule has 29 heavy (non-hydrogen) atoms. The van der Waals surface area contributed by atoms with Gasteiger partial charge in [0.25, 0.3) is 0 Å². The van der Waals surface area contributed by atoms with Gasteiger partial charge in [-0.25, -0.2) is 0 Å². The van der Waals surface area contributed by atoms with Crippen molar-refractivity contribution in [2.75, 3.05) is 26.7 Å². The van der Waals surface area contributed by atoms with E-state index in [-0.39, 0.29) is 41.8 Å². The molecule has 8 heteroatoms. The van der Waals surface area contributed by atoms with Gasteiger partial charge in [-0.05, 0) is 24.0 Å². The number of aliphatic imine (C=N–C) groups is 1. The second-order valence-corrected chi connectivity index (χ2v) is 7.44. The van der Waals surface area contributed by atoms with E-state index in [0.29, 0.717) is 25.9 Å². The molecular formula is C21H32IN5O2. The highest BCUT2D eigenvalue weighted by molar-refractivity contribution is 14.0. The van der Waals surface area contributed by atoms with Gasteiger partial charge in [-0.15, -0.1) is 24.0 Å². The van der Waals surface area contributed by atoms with Crippen LogP contribution in [-0.2, 0) is 22.7 Å². The zero-order valence-electron chi connectivity index (χ0n) is 17.3. The predicted molar refractivity (Wildman–Crippen MR) is 125 cm³/mol. The van der Waals surface area contributed by atoms with Gasteiger partial charge < -0.3 is 20.4 Å². The Morgan fingerprint density at radius 1 is 1.24 bits per heavy atom. The van der Waals surface area contributed by atoms with Crippen molar-refractivity contribution in [3.05, 3.63) is 35.4 Å². The van der Waals surface area contributed by atoms with E-state index >= 15 is 0 Å². The summed E-state index contributed by atoms with van der Waals surface area (Å²) in [5, 5.41) is 6.80. The van der Waals surface area contributed by atoms with Gasteiger partial charge in [0.15, 0.2) is 5.96 Å². The van der Waals surface area contributed by atoms with Crippen LogP contribution < -0.4 is 10.6 Å². The number of amides is 2. The summed E-state index contributed by atoms with van der Waals surface area (Å²) in [6.45, 7) is 5.58. The van der Waals surface area contributed by atoms with E-state index in [1.807, 2.05) is 28.9 Å². The molecule has 2 N–H and O–H groups in total. The Labute approximate surface area is 190 Å². The number of carbonyl (C=O) groups is 2. The summed E-state index contributed by atoms with van der Waals surface area (Å²) in [5.74, 6) is 1.19. The minimum absolute atomic E-state index is 0. The van der Waals surface area contributed by atoms with Crippen molar-refractivity contribution in [2.24, 2.45) is 4.99 Å². The van der Waals surface area contributed by atoms with Crippen molar-refractivity contribution in [3.8, 4) is 0 Å². The van der Waals surface area contributed by atoms with Crippen LogP contribution in [0.5, 0.6) is 0 Å². The maximum Gasteiger partial charge on any atom is 0.222 e. The molecule has 2 aliphatic heterocycles. The quantitative estimate of drug-likeness (QED) is 0.347. The summed E-state index contributed by atoms with van der Waals surface area (Å²) < 4.78 is 0. The van der Waals surface area contributed by atoms with Crippen molar-refractivity contribution in [1.29, 1.82) is 0 Å². The number of nitrogens with zero attached hydrogens (tertiary/aromatic N) is 3. The minimum Gasteiger partial charge on any atom is -0.352 e. The summed E-state index contributed by atoms with van der Waals surface area (Å²) in [6, 6.07) is 8.44. The highest BCUT2D eigenvalue weighted by atomic mass is 127. The summed E-state index contributed by atoms with van der Waals surface area (Å²) in [7, 11) is 1.76. The van der Waals surface area contributed by atoms with Crippen LogP contribution in [0.4, 0.5) is 0 Å². The van der Waals surface area contributed by atoms with E-state index in [1.54, 1.807) is 7.05 Å². The third-order valence-electron chi connectivity index (χ3n) is 5.51. The number of hydrogen-bond donors (Lipinski definition) is 2. The van der Waals surface area contributed by atoms with Crippen molar-refractivity contribution in [3.63, 3.8) is 0 Å². The Kier molecular flexibility index (Phi) is 9.19. The fourth-order valence-electron chi connectivity index (χ4n) is 3.86. The standard InChI is InChI=1S/C21H31N5O2.HI/c1-3-19(27)26-12-10-18(15-26)24-21(22-2)23-13-16-7-4-5-8-17(16)14-25-11-6-9-20(25)28;/h4-5,7-8,18H,3,6,9-15H2,1-2H3,(H2,22,23,24);1H. The molecule has 0 saturated carbocycles. The molecule has 2 amide bonds. The molecule has 2 saturated heterocycles. The van der Waals surface area contributed by atoms with Gasteiger partial charge >= 0.3 is 0 Å². The van der Waals surface area contributed by atoms with Crippen LogP contribution in [0.1, 0.15) is 43.7 Å². The molecule has 0 aliphatic carbocycles. The third-order valence-corrected chi connectivity index (χ3v) is 5.51. The minimum atomic E-state index is 0. The van der Waals surface area contributed by atoms with Gasteiger partial charge in [0.2, 0.25) is 11.8 Å². The molecule has 0 bridgehead atoms. The number of benzene rings is 1. The van der Waals surface area contributed by atoms with Gasteiger partial charge in [-0.1, -0.05) is 31.2 Å². The van der Waals surface area contributed by atoms with Crippen LogP contribution >= 0.6 is 24.0 Å². The fourth-order valence-corrected chi connectivity index (χ4v) is 3.86. The Bertz CT molecular complexity index is 740. The van der Waals surface area contributed by atoms with Gasteiger partial charge in [0, 0.05) is 58.7 Å². The first kappa shape index (κ1) is 23.4. The van der Waals surface area contributed by atoms with E-state index in [4.69, 9.17) is 0 Å². The molecule has 0 aromatic heterocycles. The summed E-state index contributed by atoms with van der Waals surface area (Å²) in [4.78, 5) is 32.0. The zero-order chi connectivity index (χ0) is 19.9. The molecular weight excluding hydrogens is 481 g/mol. The Hall–Kier alpha value is -1.84. The van der Waals surface area contributed by atoms with E-state index in [2.05, 4.69) is 27.8 Å². The SMILES string of the molecule is CCC(=O)N1CCC(NC(=NC)NCc2ccccc2CN2CCCC2=O)C1.I. The van der Waals surface area contributed by atoms with E-state index in [1.165, 1.54) is 11.1 Å². The van der Waals surface area contributed by atoms with Crippen LogP contribution in [0.15, 0.2) is 29.3 Å². The molecule has 1 atom stereocenters. The molecule has 1 aromatic rings. The summed E-state index contributed by atoms with van der Waals surface area (Å²) in [6.07, 6.45) is 3.10. The molecule has 0 radical (unpaired) electrons. The predicted octanol–water partition coefficient (Wildman–Crippen LogP) is 2.10. The number of guanidine groups is 1. The van der Waals surface area contributed by atoms with E-state index < -0.39 is 0 Å². The molecule has 2 aliphatic rings. The van der Waals surface area contributed by atoms with Gasteiger partial charge in [0.05, 0.1) is 0 Å². The lowest BCUT2D eigenvalue weighted by atomic mass is 10.1. The smallest absolute Gasteiger partial charge is 0.222 e. The van der Waals surface area contributed by atoms with Gasteiger partial charge in [0.1, 0.15) is 0 Å². The van der Waals surface area contributed by atoms with E-state index in [9.17, 15) is 9.59 Å².